The van der Waals surface area contributed by atoms with Gasteiger partial charge in [-0.05, 0) is 13.5 Å². The molecule has 0 saturated carbocycles. The Kier molecular flexibility index (Phi) is 9.46. The van der Waals surface area contributed by atoms with Gasteiger partial charge in [0.25, 0.3) is 0 Å². The zero-order chi connectivity index (χ0) is 9.23. The number of alkyl halides is 1. The van der Waals surface area contributed by atoms with Gasteiger partial charge in [0.05, 0.1) is 6.61 Å². The van der Waals surface area contributed by atoms with Crippen LogP contribution in [-0.2, 0) is 4.74 Å². The van der Waals surface area contributed by atoms with Gasteiger partial charge in [-0.15, -0.1) is 11.6 Å². The van der Waals surface area contributed by atoms with Crippen molar-refractivity contribution in [2.75, 3.05) is 39.2 Å². The highest BCUT2D eigenvalue weighted by Crippen LogP contribution is 1.89. The van der Waals surface area contributed by atoms with Crippen LogP contribution in [0.2, 0.25) is 0 Å². The van der Waals surface area contributed by atoms with Gasteiger partial charge in [-0.3, -0.25) is 0 Å². The Bertz CT molecular complexity index is 90.6. The lowest BCUT2D eigenvalue weighted by Crippen LogP contribution is -2.25. The van der Waals surface area contributed by atoms with E-state index in [9.17, 15) is 0 Å². The molecule has 0 aromatic heterocycles. The van der Waals surface area contributed by atoms with Crippen LogP contribution in [0.5, 0.6) is 0 Å². The van der Waals surface area contributed by atoms with Gasteiger partial charge in [0, 0.05) is 25.6 Å². The quantitative estimate of drug-likeness (QED) is 0.432. The number of likely N-dealkylation sites (N-methyl/N-ethyl adjacent to an activating group) is 1. The molecule has 0 rings (SSSR count). The van der Waals surface area contributed by atoms with Crippen LogP contribution >= 0.6 is 11.6 Å². The maximum Gasteiger partial charge on any atom is 0.0593 e. The first-order valence-corrected chi connectivity index (χ1v) is 5.17. The molecule has 0 aromatic rings. The Labute approximate surface area is 80.8 Å². The van der Waals surface area contributed by atoms with E-state index in [4.69, 9.17) is 16.3 Å². The van der Waals surface area contributed by atoms with Crippen molar-refractivity contribution in [2.24, 2.45) is 0 Å². The Balaban J connectivity index is 2.97. The highest BCUT2D eigenvalue weighted by atomic mass is 35.5. The van der Waals surface area contributed by atoms with Crippen molar-refractivity contribution in [1.29, 1.82) is 0 Å². The van der Waals surface area contributed by atoms with E-state index >= 15 is 0 Å². The molecule has 0 aromatic carbocycles. The van der Waals surface area contributed by atoms with Gasteiger partial charge < -0.3 is 9.64 Å². The first-order valence-electron chi connectivity index (χ1n) is 4.63. The van der Waals surface area contributed by atoms with Crippen molar-refractivity contribution in [2.45, 2.75) is 19.8 Å². The first kappa shape index (κ1) is 12.2. The summed E-state index contributed by atoms with van der Waals surface area (Å²) in [6.45, 7) is 5.82. The summed E-state index contributed by atoms with van der Waals surface area (Å²) < 4.78 is 5.41. The Morgan fingerprint density at radius 2 is 2.00 bits per heavy atom. The largest absolute Gasteiger partial charge is 0.380 e. The lowest BCUT2D eigenvalue weighted by Gasteiger charge is -2.14. The minimum Gasteiger partial charge on any atom is -0.380 e. The average molecular weight is 194 g/mol. The molecule has 3 heteroatoms. The Hall–Kier alpha value is 0.210. The summed E-state index contributed by atoms with van der Waals surface area (Å²) in [5.74, 6) is 0.700. The minimum atomic E-state index is 0.700. The lowest BCUT2D eigenvalue weighted by atomic mass is 10.4. The second-order valence-electron chi connectivity index (χ2n) is 2.96. The molecule has 0 aliphatic rings. The Morgan fingerprint density at radius 3 is 2.58 bits per heavy atom. The molecular formula is C9H20ClNO. The first-order chi connectivity index (χ1) is 5.81. The second-order valence-corrected chi connectivity index (χ2v) is 3.34. The maximum atomic E-state index is 5.58. The van der Waals surface area contributed by atoms with E-state index in [1.165, 1.54) is 12.8 Å². The molecule has 0 fully saturated rings. The number of unbranched alkanes of at least 4 members (excludes halogenated alkanes) is 1. The van der Waals surface area contributed by atoms with Crippen LogP contribution in [-0.4, -0.2) is 44.1 Å². The predicted octanol–water partition coefficient (Wildman–Crippen LogP) is 1.97. The number of hydrogen-bond donors (Lipinski definition) is 0. The minimum absolute atomic E-state index is 0.700. The zero-order valence-electron chi connectivity index (χ0n) is 8.18. The van der Waals surface area contributed by atoms with E-state index < -0.39 is 0 Å². The number of hydrogen-bond acceptors (Lipinski definition) is 2. The van der Waals surface area contributed by atoms with Crippen molar-refractivity contribution in [3.63, 3.8) is 0 Å². The van der Waals surface area contributed by atoms with Crippen molar-refractivity contribution in [3.05, 3.63) is 0 Å². The molecule has 74 valence electrons. The number of ether oxygens (including phenoxy) is 1. The van der Waals surface area contributed by atoms with E-state index in [1.54, 1.807) is 0 Å². The topological polar surface area (TPSA) is 12.5 Å². The van der Waals surface area contributed by atoms with Crippen LogP contribution in [0.3, 0.4) is 0 Å². The fourth-order valence-electron chi connectivity index (χ4n) is 0.825. The van der Waals surface area contributed by atoms with E-state index in [-0.39, 0.29) is 0 Å². The van der Waals surface area contributed by atoms with Gasteiger partial charge in [-0.2, -0.15) is 0 Å². The SMILES string of the molecule is CCCCOCCN(C)CCCl. The summed E-state index contributed by atoms with van der Waals surface area (Å²) in [5.41, 5.74) is 0. The lowest BCUT2D eigenvalue weighted by molar-refractivity contribution is 0.111. The van der Waals surface area contributed by atoms with Crippen molar-refractivity contribution < 1.29 is 4.74 Å². The molecule has 0 atom stereocenters. The van der Waals surface area contributed by atoms with Gasteiger partial charge in [0.15, 0.2) is 0 Å². The van der Waals surface area contributed by atoms with Crippen molar-refractivity contribution in [3.8, 4) is 0 Å². The molecule has 0 amide bonds. The average Bonchev–Trinajstić information content (AvgIpc) is 2.05. The fraction of sp³-hybridized carbons (Fsp3) is 1.00. The summed E-state index contributed by atoms with van der Waals surface area (Å²) >= 11 is 5.58. The van der Waals surface area contributed by atoms with Crippen LogP contribution in [0, 0.1) is 0 Å². The smallest absolute Gasteiger partial charge is 0.0593 e. The summed E-state index contributed by atoms with van der Waals surface area (Å²) in [5, 5.41) is 0. The Morgan fingerprint density at radius 1 is 1.25 bits per heavy atom. The summed E-state index contributed by atoms with van der Waals surface area (Å²) in [6.07, 6.45) is 2.37. The number of rotatable bonds is 8. The maximum absolute atomic E-state index is 5.58. The monoisotopic (exact) mass is 193 g/mol. The molecule has 2 nitrogen and oxygen atoms in total. The van der Waals surface area contributed by atoms with Crippen LogP contribution in [0.1, 0.15) is 19.8 Å². The van der Waals surface area contributed by atoms with E-state index in [0.29, 0.717) is 5.88 Å². The standard InChI is InChI=1S/C9H20ClNO/c1-3-4-8-12-9-7-11(2)6-5-10/h3-9H2,1-2H3. The molecule has 0 saturated heterocycles. The molecule has 0 unspecified atom stereocenters. The van der Waals surface area contributed by atoms with Gasteiger partial charge >= 0.3 is 0 Å². The van der Waals surface area contributed by atoms with Crippen LogP contribution in [0.15, 0.2) is 0 Å². The number of halogens is 1. The summed E-state index contributed by atoms with van der Waals surface area (Å²) in [4.78, 5) is 2.18. The summed E-state index contributed by atoms with van der Waals surface area (Å²) in [6, 6.07) is 0. The molecule has 0 heterocycles. The molecule has 0 radical (unpaired) electrons. The molecule has 12 heavy (non-hydrogen) atoms. The molecule has 0 bridgehead atoms. The fourth-order valence-corrected chi connectivity index (χ4v) is 1.11. The van der Waals surface area contributed by atoms with Gasteiger partial charge in [-0.25, -0.2) is 0 Å². The molecular weight excluding hydrogens is 174 g/mol. The normalized spacial score (nSPS) is 11.0. The number of nitrogens with zero attached hydrogens (tertiary/aromatic N) is 1. The van der Waals surface area contributed by atoms with Gasteiger partial charge in [-0.1, -0.05) is 13.3 Å². The summed E-state index contributed by atoms with van der Waals surface area (Å²) in [7, 11) is 2.06. The molecule has 0 aliphatic carbocycles. The van der Waals surface area contributed by atoms with Gasteiger partial charge in [0.2, 0.25) is 0 Å². The van der Waals surface area contributed by atoms with E-state index in [0.717, 1.165) is 26.3 Å². The third-order valence-corrected chi connectivity index (χ3v) is 1.89. The molecule has 0 N–H and O–H groups in total. The highest BCUT2D eigenvalue weighted by Gasteiger charge is 1.95. The second kappa shape index (κ2) is 9.30. The van der Waals surface area contributed by atoms with Crippen molar-refractivity contribution in [1.82, 2.24) is 4.90 Å². The zero-order valence-corrected chi connectivity index (χ0v) is 8.94. The van der Waals surface area contributed by atoms with E-state index in [2.05, 4.69) is 18.9 Å². The highest BCUT2D eigenvalue weighted by molar-refractivity contribution is 6.18. The molecule has 0 spiro atoms. The van der Waals surface area contributed by atoms with Gasteiger partial charge in [0.1, 0.15) is 0 Å². The van der Waals surface area contributed by atoms with E-state index in [1.807, 2.05) is 0 Å². The third-order valence-electron chi connectivity index (χ3n) is 1.73. The van der Waals surface area contributed by atoms with Crippen LogP contribution in [0.25, 0.3) is 0 Å². The molecule has 0 aliphatic heterocycles. The van der Waals surface area contributed by atoms with Crippen molar-refractivity contribution >= 4 is 11.6 Å². The van der Waals surface area contributed by atoms with Crippen LogP contribution in [0.4, 0.5) is 0 Å². The van der Waals surface area contributed by atoms with Crippen LogP contribution < -0.4 is 0 Å². The predicted molar refractivity (Wildman–Crippen MR) is 53.9 cm³/mol. The third kappa shape index (κ3) is 8.31.